The van der Waals surface area contributed by atoms with Gasteiger partial charge in [0.05, 0.1) is 13.7 Å². The van der Waals surface area contributed by atoms with Crippen LogP contribution in [0.2, 0.25) is 10.0 Å². The Morgan fingerprint density at radius 2 is 2.00 bits per heavy atom. The first-order valence-electron chi connectivity index (χ1n) is 6.16. The lowest BCUT2D eigenvalue weighted by molar-refractivity contribution is -0.132. The second-order valence-corrected chi connectivity index (χ2v) is 5.27. The van der Waals surface area contributed by atoms with Crippen LogP contribution < -0.4 is 5.43 Å². The molecule has 0 aromatic heterocycles. The van der Waals surface area contributed by atoms with Crippen molar-refractivity contribution in [2.75, 3.05) is 13.7 Å². The van der Waals surface area contributed by atoms with Gasteiger partial charge in [0.25, 0.3) is 0 Å². The number of carbonyl (C=O) groups excluding carboxylic acids is 2. The van der Waals surface area contributed by atoms with Crippen molar-refractivity contribution in [3.63, 3.8) is 0 Å². The molecule has 0 radical (unpaired) electrons. The maximum Gasteiger partial charge on any atom is 0.353 e. The SMILES string of the molecule is COC(=O)/C(C)=N\NCC(=O)Cc1c(C)cc(Cl)cc1Cl. The summed E-state index contributed by atoms with van der Waals surface area (Å²) in [6, 6.07) is 3.36. The standard InChI is InChI=1S/C14H16Cl2N2O3/c1-8-4-10(15)5-13(16)12(8)6-11(19)7-17-18-9(2)14(20)21-3/h4-5,17H,6-7H2,1-3H3/b18-9-. The Morgan fingerprint density at radius 1 is 1.33 bits per heavy atom. The third-order valence-electron chi connectivity index (χ3n) is 2.76. The third kappa shape index (κ3) is 5.36. The predicted octanol–water partition coefficient (Wildman–Crippen LogP) is 2.55. The average molecular weight is 331 g/mol. The van der Waals surface area contributed by atoms with Crippen LogP contribution in [0.5, 0.6) is 0 Å². The number of nitrogens with zero attached hydrogens (tertiary/aromatic N) is 1. The first-order chi connectivity index (χ1) is 9.85. The highest BCUT2D eigenvalue weighted by Gasteiger charge is 2.11. The van der Waals surface area contributed by atoms with Crippen LogP contribution in [-0.4, -0.2) is 31.1 Å². The summed E-state index contributed by atoms with van der Waals surface area (Å²) in [7, 11) is 1.26. The second kappa shape index (κ2) is 8.00. The molecule has 1 aromatic rings. The molecule has 21 heavy (non-hydrogen) atoms. The van der Waals surface area contributed by atoms with Gasteiger partial charge >= 0.3 is 5.97 Å². The molecule has 0 atom stereocenters. The number of halogens is 2. The number of aryl methyl sites for hydroxylation is 1. The van der Waals surface area contributed by atoms with Crippen LogP contribution in [0.3, 0.4) is 0 Å². The molecule has 1 rings (SSSR count). The zero-order valence-electron chi connectivity index (χ0n) is 12.0. The van der Waals surface area contributed by atoms with Gasteiger partial charge in [-0.05, 0) is 37.1 Å². The van der Waals surface area contributed by atoms with E-state index in [2.05, 4.69) is 15.3 Å². The molecular weight excluding hydrogens is 315 g/mol. The molecule has 0 saturated carbocycles. The number of ether oxygens (including phenoxy) is 1. The molecular formula is C14H16Cl2N2O3. The number of nitrogens with one attached hydrogen (secondary N) is 1. The number of hydrogen-bond donors (Lipinski definition) is 1. The van der Waals surface area contributed by atoms with Crippen LogP contribution in [-0.2, 0) is 20.7 Å². The normalized spacial score (nSPS) is 11.2. The van der Waals surface area contributed by atoms with E-state index in [0.717, 1.165) is 11.1 Å². The summed E-state index contributed by atoms with van der Waals surface area (Å²) in [6.45, 7) is 3.32. The highest BCUT2D eigenvalue weighted by molar-refractivity contribution is 6.35. The minimum absolute atomic E-state index is 0.00721. The van der Waals surface area contributed by atoms with Crippen molar-refractivity contribution in [1.82, 2.24) is 5.43 Å². The number of rotatable bonds is 6. The van der Waals surface area contributed by atoms with Crippen molar-refractivity contribution in [1.29, 1.82) is 0 Å². The summed E-state index contributed by atoms with van der Waals surface area (Å²) in [4.78, 5) is 23.0. The number of Topliss-reactive ketones (excluding diaryl/α,β-unsaturated/α-hetero) is 1. The Morgan fingerprint density at radius 3 is 2.57 bits per heavy atom. The molecule has 0 bridgehead atoms. The number of carbonyl (C=O) groups is 2. The predicted molar refractivity (Wildman–Crippen MR) is 83.0 cm³/mol. The summed E-state index contributed by atoms with van der Waals surface area (Å²) in [5, 5.41) is 4.75. The summed E-state index contributed by atoms with van der Waals surface area (Å²) in [5.74, 6) is -0.657. The van der Waals surface area contributed by atoms with Gasteiger partial charge in [0, 0.05) is 16.5 Å². The van der Waals surface area contributed by atoms with E-state index in [0.29, 0.717) is 10.0 Å². The Balaban J connectivity index is 2.61. The third-order valence-corrected chi connectivity index (χ3v) is 3.32. The van der Waals surface area contributed by atoms with Gasteiger partial charge in [0.1, 0.15) is 5.71 Å². The number of hydrazone groups is 1. The fourth-order valence-electron chi connectivity index (χ4n) is 1.66. The molecule has 0 amide bonds. The molecule has 0 aliphatic carbocycles. The first-order valence-corrected chi connectivity index (χ1v) is 6.92. The monoisotopic (exact) mass is 330 g/mol. The van der Waals surface area contributed by atoms with Crippen LogP contribution in [0.25, 0.3) is 0 Å². The van der Waals surface area contributed by atoms with E-state index in [1.807, 2.05) is 6.92 Å². The van der Waals surface area contributed by atoms with Gasteiger partial charge in [-0.1, -0.05) is 23.2 Å². The molecule has 1 aromatic carbocycles. The van der Waals surface area contributed by atoms with Crippen molar-refractivity contribution < 1.29 is 14.3 Å². The molecule has 0 aliphatic heterocycles. The fraction of sp³-hybridized carbons (Fsp3) is 0.357. The van der Waals surface area contributed by atoms with Gasteiger partial charge in [0.15, 0.2) is 5.78 Å². The smallest absolute Gasteiger partial charge is 0.353 e. The van der Waals surface area contributed by atoms with E-state index >= 15 is 0 Å². The highest BCUT2D eigenvalue weighted by Crippen LogP contribution is 2.25. The largest absolute Gasteiger partial charge is 0.464 e. The molecule has 114 valence electrons. The minimum Gasteiger partial charge on any atom is -0.464 e. The lowest BCUT2D eigenvalue weighted by atomic mass is 10.0. The lowest BCUT2D eigenvalue weighted by Gasteiger charge is -2.08. The van der Waals surface area contributed by atoms with E-state index in [9.17, 15) is 9.59 Å². The van der Waals surface area contributed by atoms with Crippen LogP contribution in [0, 0.1) is 6.92 Å². The number of methoxy groups -OCH3 is 1. The van der Waals surface area contributed by atoms with Crippen molar-refractivity contribution in [3.05, 3.63) is 33.3 Å². The first kappa shape index (κ1) is 17.5. The van der Waals surface area contributed by atoms with Crippen molar-refractivity contribution in [2.45, 2.75) is 20.3 Å². The Kier molecular flexibility index (Phi) is 6.65. The topological polar surface area (TPSA) is 67.8 Å². The molecule has 0 unspecified atom stereocenters. The van der Waals surface area contributed by atoms with Gasteiger partial charge in [-0.2, -0.15) is 5.10 Å². The average Bonchev–Trinajstić information content (AvgIpc) is 2.41. The summed E-state index contributed by atoms with van der Waals surface area (Å²) >= 11 is 12.0. The van der Waals surface area contributed by atoms with Crippen LogP contribution >= 0.6 is 23.2 Å². The van der Waals surface area contributed by atoms with Crippen molar-refractivity contribution in [2.24, 2.45) is 5.10 Å². The molecule has 0 spiro atoms. The quantitative estimate of drug-likeness (QED) is 0.494. The molecule has 0 fully saturated rings. The van der Waals surface area contributed by atoms with Crippen molar-refractivity contribution in [3.8, 4) is 0 Å². The van der Waals surface area contributed by atoms with E-state index in [1.165, 1.54) is 14.0 Å². The second-order valence-electron chi connectivity index (χ2n) is 4.42. The molecule has 7 heteroatoms. The fourth-order valence-corrected chi connectivity index (χ4v) is 2.32. The van der Waals surface area contributed by atoms with Crippen molar-refractivity contribution >= 4 is 40.7 Å². The number of esters is 1. The van der Waals surface area contributed by atoms with Gasteiger partial charge in [-0.3, -0.25) is 4.79 Å². The summed E-state index contributed by atoms with van der Waals surface area (Å²) < 4.78 is 4.48. The maximum absolute atomic E-state index is 11.9. The van der Waals surface area contributed by atoms with E-state index in [1.54, 1.807) is 12.1 Å². The van der Waals surface area contributed by atoms with Gasteiger partial charge in [0.2, 0.25) is 0 Å². The van der Waals surface area contributed by atoms with Gasteiger partial charge < -0.3 is 10.2 Å². The lowest BCUT2D eigenvalue weighted by Crippen LogP contribution is -2.23. The Hall–Kier alpha value is -1.59. The summed E-state index contributed by atoms with van der Waals surface area (Å²) in [5.41, 5.74) is 4.28. The maximum atomic E-state index is 11.9. The zero-order valence-corrected chi connectivity index (χ0v) is 13.5. The van der Waals surface area contributed by atoms with E-state index < -0.39 is 5.97 Å². The van der Waals surface area contributed by atoms with E-state index in [-0.39, 0.29) is 24.5 Å². The van der Waals surface area contributed by atoms with Crippen LogP contribution in [0.15, 0.2) is 17.2 Å². The number of benzene rings is 1. The number of ketones is 1. The Bertz CT molecular complexity index is 563. The molecule has 0 saturated heterocycles. The van der Waals surface area contributed by atoms with Crippen LogP contribution in [0.1, 0.15) is 18.1 Å². The Labute approximate surface area is 133 Å². The molecule has 0 aliphatic rings. The molecule has 0 heterocycles. The molecule has 1 N–H and O–H groups in total. The van der Waals surface area contributed by atoms with Gasteiger partial charge in [-0.25, -0.2) is 4.79 Å². The molecule has 5 nitrogen and oxygen atoms in total. The zero-order chi connectivity index (χ0) is 16.0. The highest BCUT2D eigenvalue weighted by atomic mass is 35.5. The van der Waals surface area contributed by atoms with Crippen LogP contribution in [0.4, 0.5) is 0 Å². The number of hydrogen-bond acceptors (Lipinski definition) is 5. The summed E-state index contributed by atoms with van der Waals surface area (Å²) in [6.07, 6.45) is 0.168. The van der Waals surface area contributed by atoms with E-state index in [4.69, 9.17) is 23.2 Å². The minimum atomic E-state index is -0.550. The van der Waals surface area contributed by atoms with Gasteiger partial charge in [-0.15, -0.1) is 0 Å².